The zero-order valence-corrected chi connectivity index (χ0v) is 20.4. The van der Waals surface area contributed by atoms with Gasteiger partial charge in [-0.05, 0) is 38.3 Å². The molecule has 1 aromatic rings. The number of benzene rings is 1. The fourth-order valence-electron chi connectivity index (χ4n) is 3.35. The zero-order valence-electron chi connectivity index (χ0n) is 19.5. The van der Waals surface area contributed by atoms with E-state index in [4.69, 9.17) is 11.5 Å². The number of hydrogen-bond acceptors (Lipinski definition) is 7. The number of nitrogens with one attached hydrogen (secondary N) is 2. The number of likely N-dealkylation sites (N-methyl/N-ethyl adjacent to an activating group) is 1. The highest BCUT2D eigenvalue weighted by Crippen LogP contribution is 2.27. The highest BCUT2D eigenvalue weighted by atomic mass is 32.2. The third kappa shape index (κ3) is 9.70. The summed E-state index contributed by atoms with van der Waals surface area (Å²) in [6.07, 6.45) is 0.910. The molecule has 33 heavy (non-hydrogen) atoms. The summed E-state index contributed by atoms with van der Waals surface area (Å²) in [5, 5.41) is 15.3. The third-order valence-electron chi connectivity index (χ3n) is 5.00. The minimum Gasteiger partial charge on any atom is -0.396 e. The first kappa shape index (κ1) is 28.2. The zero-order chi connectivity index (χ0) is 24.8. The minimum atomic E-state index is -0.858. The van der Waals surface area contributed by atoms with E-state index in [9.17, 15) is 19.5 Å². The number of aliphatic hydroxyl groups excluding tert-OH is 1. The van der Waals surface area contributed by atoms with E-state index < -0.39 is 18.0 Å². The van der Waals surface area contributed by atoms with Crippen molar-refractivity contribution in [1.82, 2.24) is 10.2 Å². The molecule has 0 spiro atoms. The third-order valence-corrected chi connectivity index (χ3v) is 6.10. The number of Topliss-reactive ketones (excluding diaryl/α,β-unsaturated/α-hetero) is 1. The van der Waals surface area contributed by atoms with E-state index in [1.807, 2.05) is 31.3 Å². The summed E-state index contributed by atoms with van der Waals surface area (Å²) in [6.45, 7) is 3.50. The second kappa shape index (κ2) is 15.1. The summed E-state index contributed by atoms with van der Waals surface area (Å²) in [5.74, 6) is -0.787. The predicted molar refractivity (Wildman–Crippen MR) is 132 cm³/mol. The number of carbonyl (C=O) groups excluding carboxylic acids is 3. The lowest BCUT2D eigenvalue weighted by Gasteiger charge is -2.30. The molecule has 2 amide bonds. The number of para-hydroxylation sites is 1. The van der Waals surface area contributed by atoms with Crippen LogP contribution >= 0.6 is 11.8 Å². The van der Waals surface area contributed by atoms with Crippen LogP contribution in [0.3, 0.4) is 0 Å². The maximum Gasteiger partial charge on any atom is 0.243 e. The Balaban J connectivity index is 2.96. The number of ketones is 1. The summed E-state index contributed by atoms with van der Waals surface area (Å²) in [4.78, 5) is 44.3. The van der Waals surface area contributed by atoms with Gasteiger partial charge in [0.25, 0.3) is 0 Å². The molecule has 0 aliphatic heterocycles. The largest absolute Gasteiger partial charge is 0.396 e. The highest BCUT2D eigenvalue weighted by Gasteiger charge is 2.30. The average Bonchev–Trinajstić information content (AvgIpc) is 2.78. The molecule has 1 rings (SSSR count). The minimum absolute atomic E-state index is 0.0378. The van der Waals surface area contributed by atoms with Gasteiger partial charge >= 0.3 is 0 Å². The van der Waals surface area contributed by atoms with E-state index >= 15 is 0 Å². The number of carbonyl (C=O) groups is 3. The fraction of sp³-hybridized carbons (Fsp3) is 0.545. The maximum absolute atomic E-state index is 13.1. The number of aliphatic hydroxyl groups is 1. The Bertz CT molecular complexity index is 816. The van der Waals surface area contributed by atoms with Crippen LogP contribution in [0, 0.1) is 0 Å². The van der Waals surface area contributed by atoms with Gasteiger partial charge in [0.1, 0.15) is 6.04 Å². The lowest BCUT2D eigenvalue weighted by molar-refractivity contribution is -0.140. The molecule has 7 N–H and O–H groups in total. The first-order chi connectivity index (χ1) is 15.7. The molecule has 0 saturated carbocycles. The Morgan fingerprint density at radius 3 is 2.48 bits per heavy atom. The second-order valence-corrected chi connectivity index (χ2v) is 8.36. The van der Waals surface area contributed by atoms with Crippen molar-refractivity contribution in [3.63, 3.8) is 0 Å². The maximum atomic E-state index is 13.1. The van der Waals surface area contributed by atoms with Gasteiger partial charge in [0.05, 0.1) is 11.8 Å². The Labute approximate surface area is 199 Å². The number of anilines is 1. The normalized spacial score (nSPS) is 12.4. The first-order valence-electron chi connectivity index (χ1n) is 10.9. The topological polar surface area (TPSA) is 163 Å². The molecule has 10 nitrogen and oxygen atoms in total. The van der Waals surface area contributed by atoms with Crippen molar-refractivity contribution in [3.05, 3.63) is 24.3 Å². The SMILES string of the molecule is CCN(C(C)=O)[C@@H](CCO)C(=O)NC(CCCN=C(N)N)C(=O)CSc1ccccc1NC. The summed E-state index contributed by atoms with van der Waals surface area (Å²) < 4.78 is 0. The number of nitrogens with zero attached hydrogens (tertiary/aromatic N) is 2. The van der Waals surface area contributed by atoms with Crippen LogP contribution in [0.1, 0.15) is 33.1 Å². The highest BCUT2D eigenvalue weighted by molar-refractivity contribution is 8.00. The van der Waals surface area contributed by atoms with Crippen molar-refractivity contribution < 1.29 is 19.5 Å². The van der Waals surface area contributed by atoms with Crippen LogP contribution in [0.15, 0.2) is 34.2 Å². The van der Waals surface area contributed by atoms with E-state index in [0.717, 1.165) is 10.6 Å². The summed E-state index contributed by atoms with van der Waals surface area (Å²) in [6, 6.07) is 6.00. The lowest BCUT2D eigenvalue weighted by atomic mass is 10.1. The summed E-state index contributed by atoms with van der Waals surface area (Å²) >= 11 is 1.38. The molecule has 0 saturated heterocycles. The molecule has 0 aliphatic rings. The molecular weight excluding hydrogens is 444 g/mol. The Morgan fingerprint density at radius 1 is 1.21 bits per heavy atom. The van der Waals surface area contributed by atoms with Crippen LogP contribution in [0.25, 0.3) is 0 Å². The second-order valence-electron chi connectivity index (χ2n) is 7.34. The quantitative estimate of drug-likeness (QED) is 0.105. The van der Waals surface area contributed by atoms with Crippen LogP contribution in [0.4, 0.5) is 5.69 Å². The average molecular weight is 481 g/mol. The van der Waals surface area contributed by atoms with Gasteiger partial charge in [-0.3, -0.25) is 19.4 Å². The molecule has 0 radical (unpaired) electrons. The molecular formula is C22H36N6O4S. The number of guanidine groups is 1. The lowest BCUT2D eigenvalue weighted by Crippen LogP contribution is -2.53. The number of nitrogens with two attached hydrogens (primary N) is 2. The van der Waals surface area contributed by atoms with Crippen LogP contribution in [-0.2, 0) is 14.4 Å². The van der Waals surface area contributed by atoms with Gasteiger partial charge in [0.2, 0.25) is 11.8 Å². The van der Waals surface area contributed by atoms with E-state index in [2.05, 4.69) is 15.6 Å². The smallest absolute Gasteiger partial charge is 0.243 e. The van der Waals surface area contributed by atoms with Crippen LogP contribution in [0.5, 0.6) is 0 Å². The van der Waals surface area contributed by atoms with Gasteiger partial charge in [0.15, 0.2) is 11.7 Å². The van der Waals surface area contributed by atoms with Gasteiger partial charge in [-0.2, -0.15) is 0 Å². The molecule has 184 valence electrons. The van der Waals surface area contributed by atoms with Gasteiger partial charge in [-0.1, -0.05) is 12.1 Å². The summed E-state index contributed by atoms with van der Waals surface area (Å²) in [7, 11) is 1.81. The monoisotopic (exact) mass is 480 g/mol. The Morgan fingerprint density at radius 2 is 1.91 bits per heavy atom. The number of thioether (sulfide) groups is 1. The van der Waals surface area contributed by atoms with Crippen molar-refractivity contribution in [2.45, 2.75) is 50.1 Å². The van der Waals surface area contributed by atoms with Crippen molar-refractivity contribution in [1.29, 1.82) is 0 Å². The molecule has 1 aromatic carbocycles. The molecule has 0 heterocycles. The molecule has 1 unspecified atom stereocenters. The van der Waals surface area contributed by atoms with E-state index in [-0.39, 0.29) is 36.4 Å². The number of hydrogen-bond donors (Lipinski definition) is 5. The predicted octanol–water partition coefficient (Wildman–Crippen LogP) is 0.547. The molecule has 0 fully saturated rings. The van der Waals surface area contributed by atoms with Gasteiger partial charge in [0, 0.05) is 44.3 Å². The van der Waals surface area contributed by atoms with Crippen LogP contribution < -0.4 is 22.1 Å². The fourth-order valence-corrected chi connectivity index (χ4v) is 4.35. The van der Waals surface area contributed by atoms with E-state index in [1.54, 1.807) is 6.92 Å². The number of aliphatic imine (C=N–C) groups is 1. The van der Waals surface area contributed by atoms with Crippen molar-refractivity contribution >= 4 is 41.0 Å². The number of rotatable bonds is 15. The summed E-state index contributed by atoms with van der Waals surface area (Å²) in [5.41, 5.74) is 11.6. The standard InChI is InChI=1S/C22H36N6O4S/c1-4-28(15(2)30)18(11-13-29)21(32)27-16(9-7-12-26-22(23)24)19(31)14-33-20-10-6-5-8-17(20)25-3/h5-6,8,10,16,18,25,29H,4,7,9,11-14H2,1-3H3,(H,27,32)(H4,23,24,26)/t16?,18-/m0/s1. The molecule has 2 atom stereocenters. The Hall–Kier alpha value is -2.79. The van der Waals surface area contributed by atoms with E-state index in [0.29, 0.717) is 25.9 Å². The van der Waals surface area contributed by atoms with Crippen molar-refractivity contribution in [2.24, 2.45) is 16.5 Å². The van der Waals surface area contributed by atoms with Gasteiger partial charge in [-0.15, -0.1) is 11.8 Å². The van der Waals surface area contributed by atoms with Crippen LogP contribution in [-0.4, -0.2) is 78.1 Å². The van der Waals surface area contributed by atoms with Gasteiger partial charge in [-0.25, -0.2) is 0 Å². The molecule has 0 aromatic heterocycles. The molecule has 0 aliphatic carbocycles. The molecule has 0 bridgehead atoms. The first-order valence-corrected chi connectivity index (χ1v) is 11.9. The van der Waals surface area contributed by atoms with E-state index in [1.165, 1.54) is 23.6 Å². The van der Waals surface area contributed by atoms with Crippen molar-refractivity contribution in [2.75, 3.05) is 37.8 Å². The van der Waals surface area contributed by atoms with Gasteiger partial charge < -0.3 is 32.1 Å². The molecule has 11 heteroatoms. The van der Waals surface area contributed by atoms with Crippen LogP contribution in [0.2, 0.25) is 0 Å². The van der Waals surface area contributed by atoms with Crippen molar-refractivity contribution in [3.8, 4) is 0 Å². The number of amides is 2. The Kier molecular flexibility index (Phi) is 12.9.